The number of carboxylic acids is 1. The van der Waals surface area contributed by atoms with Crippen molar-refractivity contribution in [3.8, 4) is 0 Å². The number of hydrogen-bond donors (Lipinski definition) is 3. The molecule has 20 heavy (non-hydrogen) atoms. The molecule has 1 atom stereocenters. The second kappa shape index (κ2) is 7.65. The molecule has 0 spiro atoms. The average Bonchev–Trinajstić information content (AvgIpc) is 2.35. The number of carbonyl (C=O) groups excluding carboxylic acids is 1. The summed E-state index contributed by atoms with van der Waals surface area (Å²) in [7, 11) is 0. The van der Waals surface area contributed by atoms with Crippen LogP contribution in [-0.2, 0) is 22.6 Å². The average molecular weight is 278 g/mol. The Balaban J connectivity index is 2.61. The zero-order chi connectivity index (χ0) is 15.1. The number of benzene rings is 1. The maximum Gasteiger partial charge on any atom is 0.307 e. The summed E-state index contributed by atoms with van der Waals surface area (Å²) >= 11 is 0. The van der Waals surface area contributed by atoms with Crippen LogP contribution < -0.4 is 11.1 Å². The summed E-state index contributed by atoms with van der Waals surface area (Å²) < 4.78 is 0. The molecule has 4 N–H and O–H groups in total. The first-order valence-electron chi connectivity index (χ1n) is 6.72. The Hall–Kier alpha value is -1.88. The highest BCUT2D eigenvalue weighted by Gasteiger charge is 2.15. The molecule has 1 rings (SSSR count). The molecule has 5 heteroatoms. The summed E-state index contributed by atoms with van der Waals surface area (Å²) in [6.45, 7) is 4.32. The Morgan fingerprint density at radius 2 is 1.85 bits per heavy atom. The van der Waals surface area contributed by atoms with Gasteiger partial charge in [-0.3, -0.25) is 9.59 Å². The summed E-state index contributed by atoms with van der Waals surface area (Å²) in [4.78, 5) is 22.6. The number of carbonyl (C=O) groups is 2. The van der Waals surface area contributed by atoms with Crippen LogP contribution in [0, 0.1) is 5.92 Å². The Morgan fingerprint density at radius 3 is 2.40 bits per heavy atom. The highest BCUT2D eigenvalue weighted by Crippen LogP contribution is 2.10. The van der Waals surface area contributed by atoms with Gasteiger partial charge in [0, 0.05) is 6.54 Å². The lowest BCUT2D eigenvalue weighted by Crippen LogP contribution is -2.41. The minimum absolute atomic E-state index is 0.0515. The van der Waals surface area contributed by atoms with Crippen molar-refractivity contribution in [2.75, 3.05) is 0 Å². The third kappa shape index (κ3) is 5.40. The molecule has 1 aromatic rings. The van der Waals surface area contributed by atoms with Crippen LogP contribution in [0.3, 0.4) is 0 Å². The van der Waals surface area contributed by atoms with E-state index in [2.05, 4.69) is 5.32 Å². The van der Waals surface area contributed by atoms with Gasteiger partial charge < -0.3 is 16.2 Å². The van der Waals surface area contributed by atoms with Crippen molar-refractivity contribution in [1.29, 1.82) is 0 Å². The number of hydrogen-bond acceptors (Lipinski definition) is 3. The van der Waals surface area contributed by atoms with E-state index in [0.29, 0.717) is 24.4 Å². The molecule has 0 saturated carbocycles. The number of amides is 1. The van der Waals surface area contributed by atoms with Crippen molar-refractivity contribution >= 4 is 11.9 Å². The van der Waals surface area contributed by atoms with Crippen LogP contribution in [0.4, 0.5) is 0 Å². The summed E-state index contributed by atoms with van der Waals surface area (Å²) in [5.74, 6) is -0.737. The second-order valence-corrected chi connectivity index (χ2v) is 5.29. The first kappa shape index (κ1) is 16.2. The minimum atomic E-state index is -0.889. The molecule has 0 aliphatic carbocycles. The Morgan fingerprint density at radius 1 is 1.25 bits per heavy atom. The zero-order valence-corrected chi connectivity index (χ0v) is 11.9. The van der Waals surface area contributed by atoms with Gasteiger partial charge in [0.2, 0.25) is 5.91 Å². The molecule has 1 aromatic carbocycles. The molecule has 0 unspecified atom stereocenters. The minimum Gasteiger partial charge on any atom is -0.481 e. The van der Waals surface area contributed by atoms with Crippen LogP contribution >= 0.6 is 0 Å². The third-order valence-electron chi connectivity index (χ3n) is 2.98. The van der Waals surface area contributed by atoms with Gasteiger partial charge >= 0.3 is 5.97 Å². The quantitative estimate of drug-likeness (QED) is 0.701. The maximum atomic E-state index is 11.8. The lowest BCUT2D eigenvalue weighted by atomic mass is 10.0. The lowest BCUT2D eigenvalue weighted by molar-refractivity contribution is -0.136. The number of nitrogens with one attached hydrogen (secondary N) is 1. The maximum absolute atomic E-state index is 11.8. The Bertz CT molecular complexity index is 472. The fraction of sp³-hybridized carbons (Fsp3) is 0.467. The van der Waals surface area contributed by atoms with E-state index in [1.807, 2.05) is 26.0 Å². The smallest absolute Gasteiger partial charge is 0.307 e. The van der Waals surface area contributed by atoms with Crippen LogP contribution in [0.1, 0.15) is 31.4 Å². The molecule has 0 saturated heterocycles. The molecule has 110 valence electrons. The molecular weight excluding hydrogens is 256 g/mol. The van der Waals surface area contributed by atoms with Gasteiger partial charge in [-0.15, -0.1) is 0 Å². The lowest BCUT2D eigenvalue weighted by Gasteiger charge is -2.15. The monoisotopic (exact) mass is 278 g/mol. The van der Waals surface area contributed by atoms with Crippen LogP contribution in [-0.4, -0.2) is 23.0 Å². The molecule has 0 heterocycles. The largest absolute Gasteiger partial charge is 0.481 e. The van der Waals surface area contributed by atoms with Gasteiger partial charge in [-0.2, -0.15) is 0 Å². The predicted molar refractivity (Wildman–Crippen MR) is 77.1 cm³/mol. The summed E-state index contributed by atoms with van der Waals surface area (Å²) in [6.07, 6.45) is 0.576. The molecule has 0 fully saturated rings. The van der Waals surface area contributed by atoms with E-state index >= 15 is 0 Å². The Kier molecular flexibility index (Phi) is 6.18. The first-order chi connectivity index (χ1) is 9.40. The van der Waals surface area contributed by atoms with Crippen LogP contribution in [0.15, 0.2) is 24.3 Å². The summed E-state index contributed by atoms with van der Waals surface area (Å²) in [5, 5.41) is 11.6. The van der Waals surface area contributed by atoms with E-state index in [9.17, 15) is 9.59 Å². The molecule has 0 aliphatic heterocycles. The van der Waals surface area contributed by atoms with E-state index in [4.69, 9.17) is 10.8 Å². The molecule has 0 aliphatic rings. The fourth-order valence-electron chi connectivity index (χ4n) is 1.99. The van der Waals surface area contributed by atoms with E-state index in [-0.39, 0.29) is 12.3 Å². The molecule has 0 radical (unpaired) electrons. The van der Waals surface area contributed by atoms with Crippen LogP contribution in [0.25, 0.3) is 0 Å². The van der Waals surface area contributed by atoms with Crippen molar-refractivity contribution in [2.24, 2.45) is 11.7 Å². The summed E-state index contributed by atoms with van der Waals surface area (Å²) in [6, 6.07) is 6.65. The Labute approximate surface area is 119 Å². The van der Waals surface area contributed by atoms with E-state index in [0.717, 1.165) is 5.56 Å². The predicted octanol–water partition coefficient (Wildman–Crippen LogP) is 1.30. The molecule has 5 nitrogen and oxygen atoms in total. The fourth-order valence-corrected chi connectivity index (χ4v) is 1.99. The van der Waals surface area contributed by atoms with E-state index in [1.54, 1.807) is 12.1 Å². The topological polar surface area (TPSA) is 92.4 Å². The van der Waals surface area contributed by atoms with Gasteiger partial charge in [-0.1, -0.05) is 38.1 Å². The molecular formula is C15H22N2O3. The highest BCUT2D eigenvalue weighted by molar-refractivity contribution is 5.81. The van der Waals surface area contributed by atoms with Gasteiger partial charge in [0.15, 0.2) is 0 Å². The molecule has 0 bridgehead atoms. The van der Waals surface area contributed by atoms with Crippen molar-refractivity contribution in [3.63, 3.8) is 0 Å². The summed E-state index contributed by atoms with van der Waals surface area (Å²) in [5.41, 5.74) is 7.31. The van der Waals surface area contributed by atoms with Crippen LogP contribution in [0.5, 0.6) is 0 Å². The second-order valence-electron chi connectivity index (χ2n) is 5.29. The number of rotatable bonds is 7. The van der Waals surface area contributed by atoms with Gasteiger partial charge in [0.05, 0.1) is 12.5 Å². The number of aliphatic carboxylic acids is 1. The molecule has 0 aromatic heterocycles. The molecule has 1 amide bonds. The van der Waals surface area contributed by atoms with Gasteiger partial charge in [-0.05, 0) is 23.5 Å². The van der Waals surface area contributed by atoms with Crippen molar-refractivity contribution in [1.82, 2.24) is 5.32 Å². The van der Waals surface area contributed by atoms with Gasteiger partial charge in [0.1, 0.15) is 0 Å². The van der Waals surface area contributed by atoms with Crippen molar-refractivity contribution in [3.05, 3.63) is 35.4 Å². The number of nitrogens with two attached hydrogens (primary N) is 1. The van der Waals surface area contributed by atoms with Crippen LogP contribution in [0.2, 0.25) is 0 Å². The van der Waals surface area contributed by atoms with Crippen molar-refractivity contribution in [2.45, 2.75) is 39.3 Å². The zero-order valence-electron chi connectivity index (χ0n) is 11.9. The third-order valence-corrected chi connectivity index (χ3v) is 2.98. The van der Waals surface area contributed by atoms with Crippen molar-refractivity contribution < 1.29 is 14.7 Å². The normalized spacial score (nSPS) is 12.2. The highest BCUT2D eigenvalue weighted by atomic mass is 16.4. The number of carboxylic acid groups (broad SMARTS) is 1. The SMILES string of the molecule is CC(C)C[C@H](N)C(=O)NCc1ccccc1CC(=O)O. The van der Waals surface area contributed by atoms with Gasteiger partial charge in [0.25, 0.3) is 0 Å². The van der Waals surface area contributed by atoms with E-state index < -0.39 is 12.0 Å². The van der Waals surface area contributed by atoms with E-state index in [1.165, 1.54) is 0 Å². The first-order valence-corrected chi connectivity index (χ1v) is 6.72. The van der Waals surface area contributed by atoms with Gasteiger partial charge in [-0.25, -0.2) is 0 Å². The standard InChI is InChI=1S/C15H22N2O3/c1-10(2)7-13(16)15(20)17-9-12-6-4-3-5-11(12)8-14(18)19/h3-6,10,13H,7-9,16H2,1-2H3,(H,17,20)(H,18,19)/t13-/m0/s1.